The van der Waals surface area contributed by atoms with Crippen LogP contribution in [0.25, 0.3) is 0 Å². The summed E-state index contributed by atoms with van der Waals surface area (Å²) in [5.41, 5.74) is 3.70. The quantitative estimate of drug-likeness (QED) is 0.225. The molecule has 4 rings (SSSR count). The highest BCUT2D eigenvalue weighted by Gasteiger charge is 2.35. The van der Waals surface area contributed by atoms with Crippen LogP contribution in [0.1, 0.15) is 78.9 Å². The Morgan fingerprint density at radius 3 is 2.63 bits per heavy atom. The largest absolute Gasteiger partial charge is 0.482 e. The lowest BCUT2D eigenvalue weighted by Crippen LogP contribution is -2.19. The molecule has 1 aromatic heterocycles. The molecule has 2 N–H and O–H groups in total. The number of nitrogens with one attached hydrogen (secondary N) is 1. The number of aliphatic carboxylic acids is 1. The maximum atomic E-state index is 10.9. The van der Waals surface area contributed by atoms with Crippen LogP contribution >= 0.6 is 23.4 Å². The number of hydrogen-bond acceptors (Lipinski definition) is 5. The Morgan fingerprint density at radius 1 is 1.26 bits per heavy atom. The highest BCUT2D eigenvalue weighted by atomic mass is 35.5. The second-order valence-corrected chi connectivity index (χ2v) is 11.6. The Kier molecular flexibility index (Phi) is 9.40. The van der Waals surface area contributed by atoms with E-state index in [1.165, 1.54) is 0 Å². The zero-order valence-corrected chi connectivity index (χ0v) is 23.5. The fraction of sp³-hybridized carbons (Fsp3) is 0.433. The van der Waals surface area contributed by atoms with Gasteiger partial charge in [-0.15, -0.1) is 11.8 Å². The predicted molar refractivity (Wildman–Crippen MR) is 151 cm³/mol. The number of aromatic amines is 1. The first kappa shape index (κ1) is 28.1. The number of halogens is 1. The number of nitrogens with zero attached hydrogens (tertiary/aromatic N) is 2. The molecular weight excluding hydrogens is 518 g/mol. The van der Waals surface area contributed by atoms with Crippen molar-refractivity contribution in [2.45, 2.75) is 80.8 Å². The molecule has 0 spiro atoms. The van der Waals surface area contributed by atoms with E-state index >= 15 is 0 Å². The summed E-state index contributed by atoms with van der Waals surface area (Å²) in [4.78, 5) is 20.0. The first-order chi connectivity index (χ1) is 18.3. The van der Waals surface area contributed by atoms with Crippen molar-refractivity contribution in [2.24, 2.45) is 0 Å². The summed E-state index contributed by atoms with van der Waals surface area (Å²) in [7, 11) is 0. The number of hydrogen-bond donors (Lipinski definition) is 2. The van der Waals surface area contributed by atoms with Gasteiger partial charge in [-0.05, 0) is 67.5 Å². The molecule has 200 valence electrons. The fourth-order valence-electron chi connectivity index (χ4n) is 5.07. The van der Waals surface area contributed by atoms with Gasteiger partial charge in [0.05, 0.1) is 22.4 Å². The van der Waals surface area contributed by atoms with Gasteiger partial charge in [0, 0.05) is 11.3 Å². The molecule has 0 aliphatic heterocycles. The van der Waals surface area contributed by atoms with Crippen LogP contribution in [0.2, 0.25) is 5.15 Å². The SMILES string of the molecule is CCCCc1nc(Cl)c(C(Cc2ccc(C3(C#N)CCCC3)cc2)Sc2ccc(OCC(=O)O)c(C)c2)[nH]1. The number of rotatable bonds is 12. The van der Waals surface area contributed by atoms with E-state index in [2.05, 4.69) is 47.2 Å². The first-order valence-corrected chi connectivity index (χ1v) is 14.5. The maximum absolute atomic E-state index is 10.9. The molecule has 0 bridgehead atoms. The number of carboxylic acids is 1. The lowest BCUT2D eigenvalue weighted by atomic mass is 9.80. The molecule has 38 heavy (non-hydrogen) atoms. The van der Waals surface area contributed by atoms with Crippen molar-refractivity contribution in [3.8, 4) is 11.8 Å². The van der Waals surface area contributed by atoms with E-state index in [4.69, 9.17) is 21.4 Å². The highest BCUT2D eigenvalue weighted by Crippen LogP contribution is 2.43. The van der Waals surface area contributed by atoms with Crippen molar-refractivity contribution in [1.29, 1.82) is 5.26 Å². The van der Waals surface area contributed by atoms with Crippen molar-refractivity contribution in [2.75, 3.05) is 6.61 Å². The summed E-state index contributed by atoms with van der Waals surface area (Å²) in [6, 6.07) is 16.9. The first-order valence-electron chi connectivity index (χ1n) is 13.2. The highest BCUT2D eigenvalue weighted by molar-refractivity contribution is 7.99. The van der Waals surface area contributed by atoms with Gasteiger partial charge in [-0.3, -0.25) is 0 Å². The third kappa shape index (κ3) is 6.73. The number of carboxylic acid groups (broad SMARTS) is 1. The molecule has 0 radical (unpaired) electrons. The van der Waals surface area contributed by atoms with E-state index in [9.17, 15) is 10.1 Å². The maximum Gasteiger partial charge on any atom is 0.341 e. The molecule has 1 fully saturated rings. The average Bonchev–Trinajstić information content (AvgIpc) is 3.54. The number of unbranched alkanes of at least 4 members (excludes halogenated alkanes) is 1. The minimum atomic E-state index is -1.00. The fourth-order valence-corrected chi connectivity index (χ4v) is 6.70. The molecule has 0 amide bonds. The molecule has 1 saturated carbocycles. The van der Waals surface area contributed by atoms with Crippen molar-refractivity contribution in [3.63, 3.8) is 0 Å². The molecule has 3 aromatic rings. The number of nitriles is 1. The summed E-state index contributed by atoms with van der Waals surface area (Å²) in [6.45, 7) is 3.69. The topological polar surface area (TPSA) is 99.0 Å². The molecular formula is C30H34ClN3O3S. The minimum absolute atomic E-state index is 0.0159. The summed E-state index contributed by atoms with van der Waals surface area (Å²) < 4.78 is 5.40. The van der Waals surface area contributed by atoms with Gasteiger partial charge in [0.2, 0.25) is 0 Å². The Bertz CT molecular complexity index is 1290. The van der Waals surface area contributed by atoms with Crippen LogP contribution in [0.15, 0.2) is 47.4 Å². The third-order valence-corrected chi connectivity index (χ3v) is 8.70. The molecule has 2 aromatic carbocycles. The van der Waals surface area contributed by atoms with Crippen LogP contribution in [0.5, 0.6) is 5.75 Å². The second-order valence-electron chi connectivity index (χ2n) is 10.0. The predicted octanol–water partition coefficient (Wildman–Crippen LogP) is 7.59. The zero-order chi connectivity index (χ0) is 27.1. The van der Waals surface area contributed by atoms with Crippen LogP contribution in [0.3, 0.4) is 0 Å². The monoisotopic (exact) mass is 551 g/mol. The van der Waals surface area contributed by atoms with Crippen LogP contribution in [0.4, 0.5) is 0 Å². The summed E-state index contributed by atoms with van der Waals surface area (Å²) in [6.07, 6.45) is 7.77. The zero-order valence-electron chi connectivity index (χ0n) is 21.9. The molecule has 6 nitrogen and oxygen atoms in total. The second kappa shape index (κ2) is 12.7. The number of aryl methyl sites for hydroxylation is 2. The van der Waals surface area contributed by atoms with Crippen molar-refractivity contribution < 1.29 is 14.6 Å². The number of H-pyrrole nitrogens is 1. The van der Waals surface area contributed by atoms with Gasteiger partial charge in [0.1, 0.15) is 11.6 Å². The van der Waals surface area contributed by atoms with Gasteiger partial charge < -0.3 is 14.8 Å². The Morgan fingerprint density at radius 2 is 2.00 bits per heavy atom. The standard InChI is InChI=1S/C30H34ClN3O3S/c1-3-4-7-26-33-28(29(31)34-26)25(38-23-12-13-24(20(2)16-23)37-18-27(35)36)17-21-8-10-22(11-9-21)30(19-32)14-5-6-15-30/h8-13,16,25H,3-7,14-15,17-18H2,1-2H3,(H,33,34)(H,35,36). The normalized spacial score (nSPS) is 15.2. The van der Waals surface area contributed by atoms with Crippen molar-refractivity contribution >= 4 is 29.3 Å². The van der Waals surface area contributed by atoms with E-state index in [0.717, 1.165) is 84.5 Å². The Labute approximate surface area is 233 Å². The smallest absolute Gasteiger partial charge is 0.341 e. The molecule has 8 heteroatoms. The molecule has 1 heterocycles. The van der Waals surface area contributed by atoms with Crippen LogP contribution in [-0.4, -0.2) is 27.7 Å². The van der Waals surface area contributed by atoms with E-state index in [0.29, 0.717) is 10.9 Å². The number of carbonyl (C=O) groups is 1. The van der Waals surface area contributed by atoms with E-state index < -0.39 is 5.97 Å². The number of imidazole rings is 1. The van der Waals surface area contributed by atoms with Gasteiger partial charge in [0.25, 0.3) is 0 Å². The Balaban J connectivity index is 1.59. The lowest BCUT2D eigenvalue weighted by Gasteiger charge is -2.22. The van der Waals surface area contributed by atoms with Crippen molar-refractivity contribution in [1.82, 2.24) is 9.97 Å². The minimum Gasteiger partial charge on any atom is -0.482 e. The summed E-state index contributed by atoms with van der Waals surface area (Å²) in [5, 5.41) is 19.3. The summed E-state index contributed by atoms with van der Waals surface area (Å²) in [5.74, 6) is 0.456. The van der Waals surface area contributed by atoms with Gasteiger partial charge in [-0.1, -0.05) is 62.1 Å². The Hall–Kier alpha value is -2.95. The van der Waals surface area contributed by atoms with Crippen molar-refractivity contribution in [3.05, 3.63) is 75.8 Å². The van der Waals surface area contributed by atoms with Crippen LogP contribution in [0, 0.1) is 18.3 Å². The molecule has 1 atom stereocenters. The van der Waals surface area contributed by atoms with Crippen LogP contribution in [-0.2, 0) is 23.1 Å². The molecule has 1 aliphatic rings. The number of thioether (sulfide) groups is 1. The van der Waals surface area contributed by atoms with Gasteiger partial charge >= 0.3 is 5.97 Å². The number of benzene rings is 2. The molecule has 1 unspecified atom stereocenters. The molecule has 1 aliphatic carbocycles. The average molecular weight is 552 g/mol. The number of ether oxygens (including phenoxy) is 1. The van der Waals surface area contributed by atoms with E-state index in [1.807, 2.05) is 25.1 Å². The van der Waals surface area contributed by atoms with E-state index in [-0.39, 0.29) is 17.3 Å². The van der Waals surface area contributed by atoms with E-state index in [1.54, 1.807) is 11.8 Å². The van der Waals surface area contributed by atoms with Gasteiger partial charge in [0.15, 0.2) is 11.8 Å². The summed E-state index contributed by atoms with van der Waals surface area (Å²) >= 11 is 8.35. The number of aromatic nitrogens is 2. The van der Waals surface area contributed by atoms with Crippen LogP contribution < -0.4 is 4.74 Å². The van der Waals surface area contributed by atoms with Gasteiger partial charge in [-0.25, -0.2) is 9.78 Å². The third-order valence-electron chi connectivity index (χ3n) is 7.20. The molecule has 0 saturated heterocycles. The van der Waals surface area contributed by atoms with Gasteiger partial charge in [-0.2, -0.15) is 5.26 Å². The lowest BCUT2D eigenvalue weighted by molar-refractivity contribution is -0.139.